The molecule has 2 rings (SSSR count). The average molecular weight is 333 g/mol. The Kier molecular flexibility index (Phi) is 6.62. The maximum absolute atomic E-state index is 13.9. The Morgan fingerprint density at radius 1 is 1.17 bits per heavy atom. The quantitative estimate of drug-likeness (QED) is 0.762. The minimum atomic E-state index is -0.547. The van der Waals surface area contributed by atoms with E-state index in [1.54, 1.807) is 18.2 Å². The first-order chi connectivity index (χ1) is 11.1. The average Bonchev–Trinajstić information content (AvgIpc) is 2.55. The van der Waals surface area contributed by atoms with Crippen LogP contribution in [0.15, 0.2) is 59.5 Å². The van der Waals surface area contributed by atoms with Crippen LogP contribution in [0.4, 0.5) is 4.39 Å². The number of amides is 1. The summed E-state index contributed by atoms with van der Waals surface area (Å²) in [5.74, 6) is -0.528. The SMILES string of the molecule is C[C@H](CCO)NC(=O)C(Sc1ccccc1F)c1ccccc1. The molecule has 0 saturated heterocycles. The zero-order valence-corrected chi connectivity index (χ0v) is 13.7. The van der Waals surface area contributed by atoms with Crippen LogP contribution in [-0.2, 0) is 4.79 Å². The Hall–Kier alpha value is -1.85. The molecule has 0 spiro atoms. The molecule has 0 aliphatic heterocycles. The van der Waals surface area contributed by atoms with E-state index in [1.165, 1.54) is 17.8 Å². The molecule has 2 aromatic rings. The zero-order chi connectivity index (χ0) is 16.7. The molecule has 0 aromatic heterocycles. The molecule has 122 valence electrons. The van der Waals surface area contributed by atoms with E-state index in [-0.39, 0.29) is 24.4 Å². The number of carbonyl (C=O) groups excluding carboxylic acids is 1. The molecule has 0 saturated carbocycles. The molecule has 0 aliphatic rings. The number of rotatable bonds is 7. The van der Waals surface area contributed by atoms with Crippen molar-refractivity contribution in [2.24, 2.45) is 0 Å². The number of nitrogens with one attached hydrogen (secondary N) is 1. The van der Waals surface area contributed by atoms with Gasteiger partial charge in [-0.05, 0) is 31.0 Å². The number of hydrogen-bond donors (Lipinski definition) is 2. The first-order valence-electron chi connectivity index (χ1n) is 7.49. The summed E-state index contributed by atoms with van der Waals surface area (Å²) in [4.78, 5) is 13.0. The topological polar surface area (TPSA) is 49.3 Å². The lowest BCUT2D eigenvalue weighted by molar-refractivity contribution is -0.121. The lowest BCUT2D eigenvalue weighted by Gasteiger charge is -2.20. The highest BCUT2D eigenvalue weighted by molar-refractivity contribution is 8.00. The highest BCUT2D eigenvalue weighted by atomic mass is 32.2. The molecule has 5 heteroatoms. The molecule has 0 aliphatic carbocycles. The maximum atomic E-state index is 13.9. The van der Waals surface area contributed by atoms with Gasteiger partial charge in [-0.25, -0.2) is 4.39 Å². The van der Waals surface area contributed by atoms with Gasteiger partial charge in [0.05, 0.1) is 0 Å². The summed E-state index contributed by atoms with van der Waals surface area (Å²) >= 11 is 1.19. The van der Waals surface area contributed by atoms with Gasteiger partial charge in [-0.15, -0.1) is 11.8 Å². The third-order valence-electron chi connectivity index (χ3n) is 3.37. The zero-order valence-electron chi connectivity index (χ0n) is 12.9. The fourth-order valence-corrected chi connectivity index (χ4v) is 3.21. The van der Waals surface area contributed by atoms with Crippen LogP contribution in [0.5, 0.6) is 0 Å². The normalized spacial score (nSPS) is 13.3. The second kappa shape index (κ2) is 8.70. The lowest BCUT2D eigenvalue weighted by Crippen LogP contribution is -2.36. The highest BCUT2D eigenvalue weighted by Crippen LogP contribution is 2.36. The van der Waals surface area contributed by atoms with Crippen molar-refractivity contribution in [2.75, 3.05) is 6.61 Å². The Bertz CT molecular complexity index is 636. The molecule has 0 heterocycles. The largest absolute Gasteiger partial charge is 0.396 e. The number of aliphatic hydroxyl groups excluding tert-OH is 1. The Labute approximate surface area is 139 Å². The van der Waals surface area contributed by atoms with Crippen molar-refractivity contribution in [2.45, 2.75) is 29.5 Å². The number of thioether (sulfide) groups is 1. The van der Waals surface area contributed by atoms with Gasteiger partial charge in [0.2, 0.25) is 5.91 Å². The van der Waals surface area contributed by atoms with Gasteiger partial charge >= 0.3 is 0 Å². The van der Waals surface area contributed by atoms with E-state index in [4.69, 9.17) is 5.11 Å². The number of benzene rings is 2. The molecule has 2 atom stereocenters. The molecular formula is C18H20FNO2S. The van der Waals surface area contributed by atoms with Crippen LogP contribution in [0.2, 0.25) is 0 Å². The summed E-state index contributed by atoms with van der Waals surface area (Å²) in [5.41, 5.74) is 0.814. The van der Waals surface area contributed by atoms with Crippen LogP contribution in [-0.4, -0.2) is 23.7 Å². The molecule has 23 heavy (non-hydrogen) atoms. The first kappa shape index (κ1) is 17.5. The van der Waals surface area contributed by atoms with Crippen molar-refractivity contribution < 1.29 is 14.3 Å². The molecule has 3 nitrogen and oxygen atoms in total. The maximum Gasteiger partial charge on any atom is 0.238 e. The first-order valence-corrected chi connectivity index (χ1v) is 8.37. The minimum Gasteiger partial charge on any atom is -0.396 e. The summed E-state index contributed by atoms with van der Waals surface area (Å²) < 4.78 is 13.9. The van der Waals surface area contributed by atoms with E-state index < -0.39 is 5.25 Å². The Morgan fingerprint density at radius 2 is 1.83 bits per heavy atom. The van der Waals surface area contributed by atoms with Crippen molar-refractivity contribution >= 4 is 17.7 Å². The summed E-state index contributed by atoms with van der Waals surface area (Å²) in [6, 6.07) is 15.6. The molecule has 1 unspecified atom stereocenters. The number of carbonyl (C=O) groups is 1. The van der Waals surface area contributed by atoms with Crippen LogP contribution in [0, 0.1) is 5.82 Å². The Balaban J connectivity index is 2.22. The molecule has 0 radical (unpaired) electrons. The van der Waals surface area contributed by atoms with Crippen molar-refractivity contribution in [1.82, 2.24) is 5.32 Å². The monoisotopic (exact) mass is 333 g/mol. The number of halogens is 1. The molecule has 2 N–H and O–H groups in total. The van der Waals surface area contributed by atoms with Gasteiger partial charge in [-0.3, -0.25) is 4.79 Å². The van der Waals surface area contributed by atoms with E-state index in [0.29, 0.717) is 11.3 Å². The smallest absolute Gasteiger partial charge is 0.238 e. The second-order valence-corrected chi connectivity index (χ2v) is 6.41. The molecule has 0 fully saturated rings. The third-order valence-corrected chi connectivity index (χ3v) is 4.68. The predicted octanol–water partition coefficient (Wildman–Crippen LogP) is 3.55. The van der Waals surface area contributed by atoms with Gasteiger partial charge in [-0.2, -0.15) is 0 Å². The van der Waals surface area contributed by atoms with Gasteiger partial charge in [0, 0.05) is 17.5 Å². The second-order valence-electron chi connectivity index (χ2n) is 5.26. The lowest BCUT2D eigenvalue weighted by atomic mass is 10.1. The van der Waals surface area contributed by atoms with Crippen molar-refractivity contribution in [3.8, 4) is 0 Å². The molecule has 2 aromatic carbocycles. The van der Waals surface area contributed by atoms with Gasteiger partial charge < -0.3 is 10.4 Å². The number of hydrogen-bond acceptors (Lipinski definition) is 3. The standard InChI is InChI=1S/C18H20FNO2S/c1-13(11-12-21)20-18(22)17(14-7-3-2-4-8-14)23-16-10-6-5-9-15(16)19/h2-10,13,17,21H,11-12H2,1H3,(H,20,22)/t13-,17?/m1/s1. The van der Waals surface area contributed by atoms with Crippen LogP contribution in [0.3, 0.4) is 0 Å². The van der Waals surface area contributed by atoms with E-state index in [9.17, 15) is 9.18 Å². The van der Waals surface area contributed by atoms with Crippen molar-refractivity contribution in [3.05, 3.63) is 66.0 Å². The van der Waals surface area contributed by atoms with Gasteiger partial charge in [0.15, 0.2) is 0 Å². The fourth-order valence-electron chi connectivity index (χ4n) is 2.15. The van der Waals surface area contributed by atoms with E-state index in [1.807, 2.05) is 37.3 Å². The third kappa shape index (κ3) is 5.08. The summed E-state index contributed by atoms with van der Waals surface area (Å²) in [6.07, 6.45) is 0.484. The molecular weight excluding hydrogens is 313 g/mol. The van der Waals surface area contributed by atoms with Crippen LogP contribution >= 0.6 is 11.8 Å². The van der Waals surface area contributed by atoms with Crippen molar-refractivity contribution in [1.29, 1.82) is 0 Å². The van der Waals surface area contributed by atoms with Crippen molar-refractivity contribution in [3.63, 3.8) is 0 Å². The van der Waals surface area contributed by atoms with E-state index >= 15 is 0 Å². The fraction of sp³-hybridized carbons (Fsp3) is 0.278. The van der Waals surface area contributed by atoms with Crippen LogP contribution in [0.1, 0.15) is 24.2 Å². The highest BCUT2D eigenvalue weighted by Gasteiger charge is 2.24. The Morgan fingerprint density at radius 3 is 2.48 bits per heavy atom. The van der Waals surface area contributed by atoms with Gasteiger partial charge in [0.25, 0.3) is 0 Å². The van der Waals surface area contributed by atoms with Gasteiger partial charge in [0.1, 0.15) is 11.1 Å². The number of aliphatic hydroxyl groups is 1. The van der Waals surface area contributed by atoms with E-state index in [2.05, 4.69) is 5.32 Å². The molecule has 0 bridgehead atoms. The predicted molar refractivity (Wildman–Crippen MR) is 90.7 cm³/mol. The summed E-state index contributed by atoms with van der Waals surface area (Å²) in [5, 5.41) is 11.3. The summed E-state index contributed by atoms with van der Waals surface area (Å²) in [7, 11) is 0. The van der Waals surface area contributed by atoms with Crippen LogP contribution in [0.25, 0.3) is 0 Å². The van der Waals surface area contributed by atoms with E-state index in [0.717, 1.165) is 5.56 Å². The van der Waals surface area contributed by atoms with Crippen LogP contribution < -0.4 is 5.32 Å². The minimum absolute atomic E-state index is 0.0118. The van der Waals surface area contributed by atoms with Gasteiger partial charge in [-0.1, -0.05) is 42.5 Å². The summed E-state index contributed by atoms with van der Waals surface area (Å²) in [6.45, 7) is 1.85. The molecule has 1 amide bonds.